The molecule has 2 aliphatic rings. The SMILES string of the molecule is O=C1NCCCC1N1CCC(c2nnc3ccc(-c4cccnc4)nn23)CC1. The maximum Gasteiger partial charge on any atom is 0.237 e. The number of hydrogen-bond acceptors (Lipinski definition) is 6. The van der Waals surface area contributed by atoms with Crippen LogP contribution < -0.4 is 5.32 Å². The predicted octanol–water partition coefficient (Wildman–Crippen LogP) is 1.64. The Morgan fingerprint density at radius 2 is 1.96 bits per heavy atom. The molecule has 1 N–H and O–H groups in total. The average Bonchev–Trinajstić information content (AvgIpc) is 3.18. The number of hydrogen-bond donors (Lipinski definition) is 1. The molecule has 8 heteroatoms. The fourth-order valence-electron chi connectivity index (χ4n) is 4.30. The number of aromatic nitrogens is 5. The number of amides is 1. The van der Waals surface area contributed by atoms with Gasteiger partial charge in [-0.1, -0.05) is 0 Å². The topological polar surface area (TPSA) is 88.3 Å². The van der Waals surface area contributed by atoms with Gasteiger partial charge in [-0.25, -0.2) is 0 Å². The summed E-state index contributed by atoms with van der Waals surface area (Å²) in [4.78, 5) is 18.7. The monoisotopic (exact) mass is 377 g/mol. The molecule has 2 saturated heterocycles. The summed E-state index contributed by atoms with van der Waals surface area (Å²) >= 11 is 0. The second-order valence-corrected chi connectivity index (χ2v) is 7.55. The minimum atomic E-state index is 0.0279. The third kappa shape index (κ3) is 3.13. The van der Waals surface area contributed by atoms with Crippen molar-refractivity contribution in [2.45, 2.75) is 37.6 Å². The van der Waals surface area contributed by atoms with Crippen LogP contribution in [0.1, 0.15) is 37.4 Å². The van der Waals surface area contributed by atoms with E-state index < -0.39 is 0 Å². The number of nitrogens with one attached hydrogen (secondary N) is 1. The van der Waals surface area contributed by atoms with Crippen molar-refractivity contribution in [1.82, 2.24) is 35.0 Å². The van der Waals surface area contributed by atoms with Crippen molar-refractivity contribution in [2.24, 2.45) is 0 Å². The van der Waals surface area contributed by atoms with Gasteiger partial charge >= 0.3 is 0 Å². The Morgan fingerprint density at radius 3 is 2.75 bits per heavy atom. The first kappa shape index (κ1) is 17.2. The van der Waals surface area contributed by atoms with Gasteiger partial charge in [0.2, 0.25) is 5.91 Å². The molecule has 0 aromatic carbocycles. The molecule has 28 heavy (non-hydrogen) atoms. The van der Waals surface area contributed by atoms with Gasteiger partial charge in [-0.05, 0) is 63.0 Å². The second kappa shape index (κ2) is 7.27. The number of carbonyl (C=O) groups is 1. The Morgan fingerprint density at radius 1 is 1.07 bits per heavy atom. The van der Waals surface area contributed by atoms with Gasteiger partial charge in [-0.2, -0.15) is 9.61 Å². The van der Waals surface area contributed by atoms with Crippen molar-refractivity contribution in [1.29, 1.82) is 0 Å². The fraction of sp³-hybridized carbons (Fsp3) is 0.450. The molecule has 1 unspecified atom stereocenters. The quantitative estimate of drug-likeness (QED) is 0.747. The van der Waals surface area contributed by atoms with E-state index >= 15 is 0 Å². The van der Waals surface area contributed by atoms with Gasteiger partial charge in [0.05, 0.1) is 11.7 Å². The van der Waals surface area contributed by atoms with Gasteiger partial charge < -0.3 is 5.32 Å². The molecule has 3 aromatic rings. The maximum absolute atomic E-state index is 12.2. The maximum atomic E-state index is 12.2. The Kier molecular flexibility index (Phi) is 4.48. The van der Waals surface area contributed by atoms with Crippen LogP contribution in [0.2, 0.25) is 0 Å². The molecule has 0 radical (unpaired) electrons. The third-order valence-corrected chi connectivity index (χ3v) is 5.84. The van der Waals surface area contributed by atoms with Gasteiger partial charge in [0.15, 0.2) is 11.5 Å². The Hall–Kier alpha value is -2.87. The van der Waals surface area contributed by atoms with E-state index in [1.165, 1.54) is 0 Å². The van der Waals surface area contributed by atoms with Crippen LogP contribution >= 0.6 is 0 Å². The molecule has 144 valence electrons. The van der Waals surface area contributed by atoms with Gasteiger partial charge in [0.25, 0.3) is 0 Å². The van der Waals surface area contributed by atoms with Crippen LogP contribution in [-0.4, -0.2) is 61.3 Å². The van der Waals surface area contributed by atoms with Gasteiger partial charge in [0, 0.05) is 30.4 Å². The highest BCUT2D eigenvalue weighted by Crippen LogP contribution is 2.29. The lowest BCUT2D eigenvalue weighted by atomic mass is 9.93. The van der Waals surface area contributed by atoms with E-state index in [1.54, 1.807) is 6.20 Å². The Bertz CT molecular complexity index is 979. The fourth-order valence-corrected chi connectivity index (χ4v) is 4.30. The van der Waals surface area contributed by atoms with E-state index in [2.05, 4.69) is 25.4 Å². The standard InChI is InChI=1S/C20H23N7O/c28-20-17(4-2-10-22-20)26-11-7-14(8-12-26)19-24-23-18-6-5-16(25-27(18)19)15-3-1-9-21-13-15/h1,3,5-6,9,13-14,17H,2,4,7-8,10-12H2,(H,22,28). The van der Waals surface area contributed by atoms with E-state index in [0.29, 0.717) is 5.92 Å². The number of fused-ring (bicyclic) bond motifs is 1. The highest BCUT2D eigenvalue weighted by molar-refractivity contribution is 5.82. The van der Waals surface area contributed by atoms with Crippen molar-refractivity contribution in [3.05, 3.63) is 42.5 Å². The summed E-state index contributed by atoms with van der Waals surface area (Å²) in [5.74, 6) is 1.39. The zero-order chi connectivity index (χ0) is 18.9. The predicted molar refractivity (Wildman–Crippen MR) is 104 cm³/mol. The molecular formula is C20H23N7O. The second-order valence-electron chi connectivity index (χ2n) is 7.55. The molecule has 5 heterocycles. The van der Waals surface area contributed by atoms with Crippen molar-refractivity contribution in [3.63, 3.8) is 0 Å². The van der Waals surface area contributed by atoms with Crippen LogP contribution in [0.3, 0.4) is 0 Å². The summed E-state index contributed by atoms with van der Waals surface area (Å²) in [7, 11) is 0. The molecule has 5 rings (SSSR count). The first-order chi connectivity index (χ1) is 13.8. The molecule has 0 bridgehead atoms. The number of nitrogens with zero attached hydrogens (tertiary/aromatic N) is 6. The van der Waals surface area contributed by atoms with Gasteiger partial charge in [-0.15, -0.1) is 10.2 Å². The minimum Gasteiger partial charge on any atom is -0.355 e. The Balaban J connectivity index is 1.36. The number of pyridine rings is 1. The van der Waals surface area contributed by atoms with E-state index in [0.717, 1.165) is 68.0 Å². The molecule has 3 aromatic heterocycles. The van der Waals surface area contributed by atoms with Gasteiger partial charge in [-0.3, -0.25) is 14.7 Å². The molecule has 8 nitrogen and oxygen atoms in total. The lowest BCUT2D eigenvalue weighted by molar-refractivity contribution is -0.128. The summed E-state index contributed by atoms with van der Waals surface area (Å²) in [5.41, 5.74) is 2.59. The smallest absolute Gasteiger partial charge is 0.237 e. The zero-order valence-corrected chi connectivity index (χ0v) is 15.7. The molecule has 1 amide bonds. The highest BCUT2D eigenvalue weighted by atomic mass is 16.2. The summed E-state index contributed by atoms with van der Waals surface area (Å²) in [5, 5.41) is 16.5. The summed E-state index contributed by atoms with van der Waals surface area (Å²) in [6.45, 7) is 2.61. The largest absolute Gasteiger partial charge is 0.355 e. The lowest BCUT2D eigenvalue weighted by Crippen LogP contribution is -2.52. The van der Waals surface area contributed by atoms with Crippen molar-refractivity contribution in [3.8, 4) is 11.3 Å². The van der Waals surface area contributed by atoms with E-state index in [4.69, 9.17) is 5.10 Å². The molecule has 0 aliphatic carbocycles. The minimum absolute atomic E-state index is 0.0279. The molecule has 0 saturated carbocycles. The number of carbonyl (C=O) groups excluding carboxylic acids is 1. The number of piperidine rings is 2. The zero-order valence-electron chi connectivity index (χ0n) is 15.7. The molecule has 1 atom stereocenters. The molecule has 2 fully saturated rings. The summed E-state index contributed by atoms with van der Waals surface area (Å²) in [6.07, 6.45) is 7.51. The van der Waals surface area contributed by atoms with Crippen LogP contribution in [0, 0.1) is 0 Å². The Labute approximate surface area is 163 Å². The van der Waals surface area contributed by atoms with Crippen molar-refractivity contribution >= 4 is 11.6 Å². The lowest BCUT2D eigenvalue weighted by Gasteiger charge is -2.37. The van der Waals surface area contributed by atoms with Crippen LogP contribution in [-0.2, 0) is 4.79 Å². The van der Waals surface area contributed by atoms with Crippen LogP contribution in [0.15, 0.2) is 36.7 Å². The van der Waals surface area contributed by atoms with Gasteiger partial charge in [0.1, 0.15) is 0 Å². The van der Waals surface area contributed by atoms with Crippen molar-refractivity contribution < 1.29 is 4.79 Å². The third-order valence-electron chi connectivity index (χ3n) is 5.84. The summed E-state index contributed by atoms with van der Waals surface area (Å²) < 4.78 is 1.87. The van der Waals surface area contributed by atoms with Crippen molar-refractivity contribution in [2.75, 3.05) is 19.6 Å². The normalized spacial score (nSPS) is 21.7. The van der Waals surface area contributed by atoms with E-state index in [9.17, 15) is 4.79 Å². The first-order valence-electron chi connectivity index (χ1n) is 9.94. The molecule has 0 spiro atoms. The highest BCUT2D eigenvalue weighted by Gasteiger charge is 2.33. The van der Waals surface area contributed by atoms with E-state index in [-0.39, 0.29) is 11.9 Å². The average molecular weight is 377 g/mol. The molecule has 2 aliphatic heterocycles. The first-order valence-corrected chi connectivity index (χ1v) is 9.94. The number of likely N-dealkylation sites (tertiary alicyclic amines) is 1. The molecular weight excluding hydrogens is 354 g/mol. The van der Waals surface area contributed by atoms with Crippen LogP contribution in [0.5, 0.6) is 0 Å². The summed E-state index contributed by atoms with van der Waals surface area (Å²) in [6, 6.07) is 7.84. The number of rotatable bonds is 3. The van der Waals surface area contributed by atoms with E-state index in [1.807, 2.05) is 35.0 Å². The van der Waals surface area contributed by atoms with Crippen LogP contribution in [0.4, 0.5) is 0 Å². The van der Waals surface area contributed by atoms with Crippen LogP contribution in [0.25, 0.3) is 16.9 Å².